The van der Waals surface area contributed by atoms with E-state index in [1.54, 1.807) is 0 Å². The summed E-state index contributed by atoms with van der Waals surface area (Å²) in [6, 6.07) is 0.528. The van der Waals surface area contributed by atoms with E-state index in [2.05, 4.69) is 24.1 Å². The van der Waals surface area contributed by atoms with Gasteiger partial charge >= 0.3 is 0 Å². The Balaban J connectivity index is 1.65. The number of hydrogen-bond donors (Lipinski definition) is 2. The van der Waals surface area contributed by atoms with Crippen LogP contribution in [-0.2, 0) is 9.59 Å². The minimum Gasteiger partial charge on any atom is -0.392 e. The van der Waals surface area contributed by atoms with Gasteiger partial charge in [0.05, 0.1) is 11.5 Å². The first-order valence-corrected chi connectivity index (χ1v) is 9.43. The predicted molar refractivity (Wildman–Crippen MR) is 91.3 cm³/mol. The van der Waals surface area contributed by atoms with Crippen LogP contribution in [0.15, 0.2) is 0 Å². The van der Waals surface area contributed by atoms with Crippen LogP contribution in [0.3, 0.4) is 0 Å². The lowest BCUT2D eigenvalue weighted by Gasteiger charge is -2.48. The number of aliphatic hydroxyl groups is 1. The zero-order valence-corrected chi connectivity index (χ0v) is 15.0. The first-order chi connectivity index (χ1) is 11.4. The predicted octanol–water partition coefficient (Wildman–Crippen LogP) is 0.596. The van der Waals surface area contributed by atoms with E-state index in [0.29, 0.717) is 38.5 Å². The third-order valence-corrected chi connectivity index (χ3v) is 6.24. The lowest BCUT2D eigenvalue weighted by Crippen LogP contribution is -2.62. The van der Waals surface area contributed by atoms with Crippen LogP contribution in [0, 0.1) is 11.3 Å². The Kier molecular flexibility index (Phi) is 5.16. The molecule has 3 heterocycles. The normalized spacial score (nSPS) is 33.1. The van der Waals surface area contributed by atoms with E-state index in [1.807, 2.05) is 4.90 Å². The van der Waals surface area contributed by atoms with Gasteiger partial charge < -0.3 is 20.2 Å². The van der Waals surface area contributed by atoms with Crippen LogP contribution in [0.1, 0.15) is 46.0 Å². The molecule has 0 saturated carbocycles. The first-order valence-electron chi connectivity index (χ1n) is 9.43. The fourth-order valence-corrected chi connectivity index (χ4v) is 4.55. The molecule has 0 aromatic rings. The van der Waals surface area contributed by atoms with Crippen LogP contribution in [-0.4, -0.2) is 71.6 Å². The quantitative estimate of drug-likeness (QED) is 0.774. The van der Waals surface area contributed by atoms with E-state index in [-0.39, 0.29) is 17.7 Å². The number of amides is 2. The topological polar surface area (TPSA) is 72.9 Å². The maximum Gasteiger partial charge on any atom is 0.230 e. The monoisotopic (exact) mass is 337 g/mol. The standard InChI is InChI=1S/C18H31N3O3/c1-13(2)20-9-4-14(5-10-20)16(23)21-11-6-15(22)18(12-21)7-3-8-19-17(18)24/h13-15,22H,3-12H2,1-2H3,(H,19,24)/t15-,18-/m1/s1. The number of hydrogen-bond acceptors (Lipinski definition) is 4. The summed E-state index contributed by atoms with van der Waals surface area (Å²) in [6.45, 7) is 7.95. The van der Waals surface area contributed by atoms with Crippen LogP contribution in [0.25, 0.3) is 0 Å². The number of carbonyl (C=O) groups is 2. The molecular weight excluding hydrogens is 306 g/mol. The van der Waals surface area contributed by atoms with E-state index in [0.717, 1.165) is 32.4 Å². The molecule has 2 N–H and O–H groups in total. The van der Waals surface area contributed by atoms with E-state index >= 15 is 0 Å². The average Bonchev–Trinajstić information content (AvgIpc) is 2.59. The van der Waals surface area contributed by atoms with Gasteiger partial charge in [0.2, 0.25) is 11.8 Å². The van der Waals surface area contributed by atoms with E-state index < -0.39 is 11.5 Å². The molecule has 2 atom stereocenters. The Morgan fingerprint density at radius 2 is 1.96 bits per heavy atom. The third kappa shape index (κ3) is 3.18. The summed E-state index contributed by atoms with van der Waals surface area (Å²) in [5.41, 5.74) is -0.787. The molecule has 0 radical (unpaired) electrons. The first kappa shape index (κ1) is 17.7. The van der Waals surface area contributed by atoms with Gasteiger partial charge in [-0.15, -0.1) is 0 Å². The van der Waals surface area contributed by atoms with Gasteiger partial charge in [-0.25, -0.2) is 0 Å². The molecule has 3 fully saturated rings. The molecule has 0 aromatic carbocycles. The zero-order chi connectivity index (χ0) is 17.3. The van der Waals surface area contributed by atoms with Crippen molar-refractivity contribution in [3.63, 3.8) is 0 Å². The van der Waals surface area contributed by atoms with Crippen molar-refractivity contribution in [1.29, 1.82) is 0 Å². The molecule has 0 aromatic heterocycles. The molecule has 3 aliphatic rings. The molecule has 1 spiro atoms. The van der Waals surface area contributed by atoms with Gasteiger partial charge in [-0.05, 0) is 59.0 Å². The Hall–Kier alpha value is -1.14. The fraction of sp³-hybridized carbons (Fsp3) is 0.889. The Morgan fingerprint density at radius 3 is 2.58 bits per heavy atom. The highest BCUT2D eigenvalue weighted by Gasteiger charge is 2.51. The number of aliphatic hydroxyl groups excluding tert-OH is 1. The van der Waals surface area contributed by atoms with E-state index in [9.17, 15) is 14.7 Å². The lowest BCUT2D eigenvalue weighted by atomic mass is 9.71. The maximum absolute atomic E-state index is 13.0. The molecule has 136 valence electrons. The van der Waals surface area contributed by atoms with Crippen molar-refractivity contribution in [1.82, 2.24) is 15.1 Å². The van der Waals surface area contributed by atoms with Gasteiger partial charge in [-0.1, -0.05) is 0 Å². The van der Waals surface area contributed by atoms with Crippen LogP contribution < -0.4 is 5.32 Å². The van der Waals surface area contributed by atoms with Gasteiger partial charge in [0.15, 0.2) is 0 Å². The molecule has 3 saturated heterocycles. The highest BCUT2D eigenvalue weighted by molar-refractivity contribution is 5.86. The highest BCUT2D eigenvalue weighted by atomic mass is 16.3. The number of rotatable bonds is 2. The van der Waals surface area contributed by atoms with E-state index in [4.69, 9.17) is 0 Å². The number of nitrogens with zero attached hydrogens (tertiary/aromatic N) is 2. The molecule has 0 unspecified atom stereocenters. The Morgan fingerprint density at radius 1 is 1.25 bits per heavy atom. The summed E-state index contributed by atoms with van der Waals surface area (Å²) in [5.74, 6) is 0.176. The maximum atomic E-state index is 13.0. The Labute approximate surface area is 144 Å². The van der Waals surface area contributed by atoms with Gasteiger partial charge in [0, 0.05) is 31.6 Å². The SMILES string of the molecule is CC(C)N1CCC(C(=O)N2CC[C@@H](O)[C@@]3(CCCNC3=O)C2)CC1. The van der Waals surface area contributed by atoms with Crippen molar-refractivity contribution in [2.45, 2.75) is 58.1 Å². The van der Waals surface area contributed by atoms with Crippen molar-refractivity contribution in [3.8, 4) is 0 Å². The molecule has 6 nitrogen and oxygen atoms in total. The number of likely N-dealkylation sites (tertiary alicyclic amines) is 2. The summed E-state index contributed by atoms with van der Waals surface area (Å²) in [7, 11) is 0. The molecule has 0 bridgehead atoms. The van der Waals surface area contributed by atoms with Crippen LogP contribution in [0.2, 0.25) is 0 Å². The third-order valence-electron chi connectivity index (χ3n) is 6.24. The lowest BCUT2D eigenvalue weighted by molar-refractivity contribution is -0.157. The van der Waals surface area contributed by atoms with Crippen molar-refractivity contribution in [2.24, 2.45) is 11.3 Å². The molecule has 3 aliphatic heterocycles. The number of nitrogens with one attached hydrogen (secondary N) is 1. The summed E-state index contributed by atoms with van der Waals surface area (Å²) in [5, 5.41) is 13.3. The molecule has 0 aliphatic carbocycles. The second-order valence-electron chi connectivity index (χ2n) is 7.98. The second-order valence-corrected chi connectivity index (χ2v) is 7.98. The minimum atomic E-state index is -0.787. The van der Waals surface area contributed by atoms with Crippen LogP contribution >= 0.6 is 0 Å². The Bertz CT molecular complexity index is 488. The summed E-state index contributed by atoms with van der Waals surface area (Å²) in [6.07, 6.45) is 3.21. The summed E-state index contributed by atoms with van der Waals surface area (Å²) in [4.78, 5) is 29.7. The van der Waals surface area contributed by atoms with Crippen molar-refractivity contribution < 1.29 is 14.7 Å². The molecular formula is C18H31N3O3. The summed E-state index contributed by atoms with van der Waals surface area (Å²) >= 11 is 0. The zero-order valence-electron chi connectivity index (χ0n) is 15.0. The number of piperidine rings is 3. The van der Waals surface area contributed by atoms with Gasteiger partial charge in [0.1, 0.15) is 0 Å². The molecule has 6 heteroatoms. The molecule has 2 amide bonds. The van der Waals surface area contributed by atoms with Gasteiger partial charge in [-0.2, -0.15) is 0 Å². The van der Waals surface area contributed by atoms with Crippen molar-refractivity contribution in [3.05, 3.63) is 0 Å². The van der Waals surface area contributed by atoms with E-state index in [1.165, 1.54) is 0 Å². The van der Waals surface area contributed by atoms with Crippen molar-refractivity contribution >= 4 is 11.8 Å². The highest BCUT2D eigenvalue weighted by Crippen LogP contribution is 2.38. The largest absolute Gasteiger partial charge is 0.392 e. The van der Waals surface area contributed by atoms with Crippen LogP contribution in [0.4, 0.5) is 0 Å². The van der Waals surface area contributed by atoms with Gasteiger partial charge in [0.25, 0.3) is 0 Å². The number of carbonyl (C=O) groups excluding carboxylic acids is 2. The van der Waals surface area contributed by atoms with Crippen LogP contribution in [0.5, 0.6) is 0 Å². The smallest absolute Gasteiger partial charge is 0.230 e. The molecule has 3 rings (SSSR count). The van der Waals surface area contributed by atoms with Gasteiger partial charge in [-0.3, -0.25) is 9.59 Å². The molecule has 24 heavy (non-hydrogen) atoms. The fourth-order valence-electron chi connectivity index (χ4n) is 4.55. The second kappa shape index (κ2) is 7.00. The average molecular weight is 337 g/mol. The summed E-state index contributed by atoms with van der Waals surface area (Å²) < 4.78 is 0. The van der Waals surface area contributed by atoms with Crippen molar-refractivity contribution in [2.75, 3.05) is 32.7 Å². The minimum absolute atomic E-state index is 0.0685.